The summed E-state index contributed by atoms with van der Waals surface area (Å²) in [6.45, 7) is 5.13. The van der Waals surface area contributed by atoms with Crippen molar-refractivity contribution in [3.63, 3.8) is 0 Å². The van der Waals surface area contributed by atoms with Gasteiger partial charge >= 0.3 is 0 Å². The molecule has 1 aromatic rings. The van der Waals surface area contributed by atoms with E-state index in [-0.39, 0.29) is 18.0 Å². The van der Waals surface area contributed by atoms with Gasteiger partial charge < -0.3 is 10.6 Å². The summed E-state index contributed by atoms with van der Waals surface area (Å²) in [6, 6.07) is -0.0679. The van der Waals surface area contributed by atoms with E-state index in [1.54, 1.807) is 23.7 Å². The third-order valence-corrected chi connectivity index (χ3v) is 3.20. The van der Waals surface area contributed by atoms with Crippen molar-refractivity contribution in [3.05, 3.63) is 18.0 Å². The van der Waals surface area contributed by atoms with Gasteiger partial charge in [-0.05, 0) is 13.5 Å². The Morgan fingerprint density at radius 3 is 2.53 bits per heavy atom. The Bertz CT molecular complexity index is 413. The Morgan fingerprint density at radius 2 is 2.16 bits per heavy atom. The minimum absolute atomic E-state index is 0.00241. The molecule has 0 aliphatic rings. The highest BCUT2D eigenvalue weighted by Gasteiger charge is 2.26. The van der Waals surface area contributed by atoms with Crippen molar-refractivity contribution in [2.24, 2.45) is 12.8 Å². The Balaban J connectivity index is 2.92. The largest absolute Gasteiger partial charge is 0.348 e. The third-order valence-electron chi connectivity index (χ3n) is 3.20. The van der Waals surface area contributed by atoms with Gasteiger partial charge in [0.25, 0.3) is 0 Å². The van der Waals surface area contributed by atoms with Crippen LogP contribution in [-0.4, -0.2) is 58.7 Å². The summed E-state index contributed by atoms with van der Waals surface area (Å²) in [4.78, 5) is 15.6. The average Bonchev–Trinajstić information content (AvgIpc) is 2.73. The number of nitrogens with zero attached hydrogens (tertiary/aromatic N) is 4. The predicted octanol–water partition coefficient (Wildman–Crippen LogP) is 0.219. The molecule has 0 fully saturated rings. The molecular weight excluding hydrogens is 242 g/mol. The maximum absolute atomic E-state index is 11.9. The lowest BCUT2D eigenvalue weighted by molar-refractivity contribution is -0.130. The summed E-state index contributed by atoms with van der Waals surface area (Å²) in [6.07, 6.45) is 3.77. The van der Waals surface area contributed by atoms with E-state index in [1.165, 1.54) is 0 Å². The number of nitrogens with two attached hydrogens (primary N) is 1. The lowest BCUT2D eigenvalue weighted by Crippen LogP contribution is -2.44. The van der Waals surface area contributed by atoms with Gasteiger partial charge in [0, 0.05) is 38.9 Å². The molecule has 1 aromatic heterocycles. The molecule has 2 atom stereocenters. The van der Waals surface area contributed by atoms with Gasteiger partial charge in [0.2, 0.25) is 5.91 Å². The molecule has 0 bridgehead atoms. The fourth-order valence-corrected chi connectivity index (χ4v) is 2.16. The third kappa shape index (κ3) is 4.04. The van der Waals surface area contributed by atoms with Crippen molar-refractivity contribution in [2.75, 3.05) is 27.2 Å². The lowest BCUT2D eigenvalue weighted by atomic mass is 10.0. The van der Waals surface area contributed by atoms with Crippen LogP contribution < -0.4 is 5.73 Å². The maximum Gasteiger partial charge on any atom is 0.236 e. The van der Waals surface area contributed by atoms with Crippen LogP contribution in [0.3, 0.4) is 0 Å². The molecule has 6 heteroatoms. The Morgan fingerprint density at radius 1 is 1.53 bits per heavy atom. The van der Waals surface area contributed by atoms with E-state index in [0.717, 1.165) is 12.1 Å². The van der Waals surface area contributed by atoms with Crippen LogP contribution >= 0.6 is 0 Å². The van der Waals surface area contributed by atoms with Crippen LogP contribution in [0, 0.1) is 0 Å². The van der Waals surface area contributed by atoms with Gasteiger partial charge in [-0.3, -0.25) is 14.4 Å². The van der Waals surface area contributed by atoms with Crippen LogP contribution in [0.2, 0.25) is 0 Å². The number of hydrogen-bond donors (Lipinski definition) is 1. The molecule has 0 aromatic carbocycles. The average molecular weight is 267 g/mol. The number of aromatic nitrogens is 2. The van der Waals surface area contributed by atoms with Crippen molar-refractivity contribution in [1.82, 2.24) is 19.6 Å². The molecule has 2 unspecified atom stereocenters. The second-order valence-electron chi connectivity index (χ2n) is 5.10. The second kappa shape index (κ2) is 6.68. The van der Waals surface area contributed by atoms with Gasteiger partial charge in [-0.25, -0.2) is 0 Å². The molecule has 0 aliphatic heterocycles. The van der Waals surface area contributed by atoms with E-state index in [2.05, 4.69) is 10.00 Å². The first-order valence-electron chi connectivity index (χ1n) is 6.55. The number of hydrogen-bond acceptors (Lipinski definition) is 4. The highest BCUT2D eigenvalue weighted by molar-refractivity contribution is 5.77. The van der Waals surface area contributed by atoms with E-state index >= 15 is 0 Å². The number of amides is 1. The number of carbonyl (C=O) groups excluding carboxylic acids is 1. The van der Waals surface area contributed by atoms with Crippen LogP contribution in [0.5, 0.6) is 0 Å². The minimum Gasteiger partial charge on any atom is -0.348 e. The molecule has 108 valence electrons. The molecular formula is C13H25N5O. The van der Waals surface area contributed by atoms with Crippen molar-refractivity contribution in [3.8, 4) is 0 Å². The topological polar surface area (TPSA) is 67.4 Å². The summed E-state index contributed by atoms with van der Waals surface area (Å²) in [5, 5.41) is 4.19. The van der Waals surface area contributed by atoms with Gasteiger partial charge in [-0.1, -0.05) is 6.92 Å². The zero-order valence-corrected chi connectivity index (χ0v) is 12.5. The van der Waals surface area contributed by atoms with Crippen molar-refractivity contribution < 1.29 is 4.79 Å². The van der Waals surface area contributed by atoms with Gasteiger partial charge in [0.1, 0.15) is 0 Å². The number of likely N-dealkylation sites (N-methyl/N-ethyl adjacent to an activating group) is 2. The van der Waals surface area contributed by atoms with Crippen molar-refractivity contribution >= 4 is 5.91 Å². The standard InChI is InChI=1S/C13H25N5O/c1-6-18(9-12(19)16(3)4)13(10(2)14)11-7-15-17(5)8-11/h7-8,10,13H,6,9,14H2,1-5H3. The first-order chi connectivity index (χ1) is 8.86. The molecule has 2 N–H and O–H groups in total. The van der Waals surface area contributed by atoms with E-state index in [0.29, 0.717) is 6.54 Å². The number of rotatable bonds is 6. The van der Waals surface area contributed by atoms with Gasteiger partial charge in [0.05, 0.1) is 18.8 Å². The van der Waals surface area contributed by atoms with Crippen molar-refractivity contribution in [1.29, 1.82) is 0 Å². The fraction of sp³-hybridized carbons (Fsp3) is 0.692. The monoisotopic (exact) mass is 267 g/mol. The SMILES string of the molecule is CCN(CC(=O)N(C)C)C(c1cnn(C)c1)C(C)N. The molecule has 1 amide bonds. The maximum atomic E-state index is 11.9. The summed E-state index contributed by atoms with van der Waals surface area (Å²) in [5.74, 6) is 0.0800. The Hall–Kier alpha value is -1.40. The van der Waals surface area contributed by atoms with E-state index < -0.39 is 0 Å². The normalized spacial score (nSPS) is 14.5. The quantitative estimate of drug-likeness (QED) is 0.800. The molecule has 0 saturated carbocycles. The molecule has 1 rings (SSSR count). The highest BCUT2D eigenvalue weighted by atomic mass is 16.2. The smallest absolute Gasteiger partial charge is 0.236 e. The number of aryl methyl sites for hydroxylation is 1. The second-order valence-corrected chi connectivity index (χ2v) is 5.10. The highest BCUT2D eigenvalue weighted by Crippen LogP contribution is 2.22. The van der Waals surface area contributed by atoms with Crippen LogP contribution in [0.25, 0.3) is 0 Å². The van der Waals surface area contributed by atoms with Crippen LogP contribution in [0.4, 0.5) is 0 Å². The van der Waals surface area contributed by atoms with Crippen LogP contribution in [0.15, 0.2) is 12.4 Å². The van der Waals surface area contributed by atoms with Crippen LogP contribution in [0.1, 0.15) is 25.5 Å². The zero-order valence-electron chi connectivity index (χ0n) is 12.5. The molecule has 6 nitrogen and oxygen atoms in total. The fourth-order valence-electron chi connectivity index (χ4n) is 2.16. The van der Waals surface area contributed by atoms with Gasteiger partial charge in [0.15, 0.2) is 0 Å². The lowest BCUT2D eigenvalue weighted by Gasteiger charge is -2.33. The molecule has 0 saturated heterocycles. The van der Waals surface area contributed by atoms with Crippen molar-refractivity contribution in [2.45, 2.75) is 25.9 Å². The molecule has 0 aliphatic carbocycles. The summed E-state index contributed by atoms with van der Waals surface area (Å²) in [5.41, 5.74) is 7.15. The molecule has 1 heterocycles. The first-order valence-corrected chi connectivity index (χ1v) is 6.55. The summed E-state index contributed by atoms with van der Waals surface area (Å²) in [7, 11) is 5.41. The predicted molar refractivity (Wildman–Crippen MR) is 75.5 cm³/mol. The van der Waals surface area contributed by atoms with Gasteiger partial charge in [-0.2, -0.15) is 5.10 Å². The summed E-state index contributed by atoms with van der Waals surface area (Å²) >= 11 is 0. The number of carbonyl (C=O) groups is 1. The van der Waals surface area contributed by atoms with Crippen LogP contribution in [-0.2, 0) is 11.8 Å². The zero-order chi connectivity index (χ0) is 14.6. The van der Waals surface area contributed by atoms with Gasteiger partial charge in [-0.15, -0.1) is 0 Å². The Kier molecular flexibility index (Phi) is 5.50. The minimum atomic E-state index is -0.0703. The molecule has 19 heavy (non-hydrogen) atoms. The van der Waals surface area contributed by atoms with E-state index in [4.69, 9.17) is 5.73 Å². The Labute approximate surface area is 115 Å². The van der Waals surface area contributed by atoms with E-state index in [1.807, 2.05) is 33.3 Å². The molecule has 0 radical (unpaired) electrons. The summed E-state index contributed by atoms with van der Waals surface area (Å²) < 4.78 is 1.76. The first kappa shape index (κ1) is 15.7. The van der Waals surface area contributed by atoms with E-state index in [9.17, 15) is 4.79 Å². The molecule has 0 spiro atoms.